The molecule has 18 heavy (non-hydrogen) atoms. The molecular weight excluding hydrogens is 244 g/mol. The fraction of sp³-hybridized carbons (Fsp3) is 0.385. The van der Waals surface area contributed by atoms with Gasteiger partial charge in [0.05, 0.1) is 5.56 Å². The second-order valence-corrected chi connectivity index (χ2v) is 5.56. The number of nitrogens with zero attached hydrogens (tertiary/aromatic N) is 2. The van der Waals surface area contributed by atoms with Gasteiger partial charge in [-0.05, 0) is 43.3 Å². The molecule has 0 aliphatic heterocycles. The van der Waals surface area contributed by atoms with Crippen molar-refractivity contribution in [3.8, 4) is 11.1 Å². The largest absolute Gasteiger partial charge is 0.382 e. The lowest BCUT2D eigenvalue weighted by molar-refractivity contribution is 0.696. The van der Waals surface area contributed by atoms with Crippen molar-refractivity contribution in [1.82, 2.24) is 9.36 Å². The van der Waals surface area contributed by atoms with E-state index in [1.807, 2.05) is 18.3 Å². The lowest BCUT2D eigenvalue weighted by Gasteiger charge is -2.13. The molecule has 0 spiro atoms. The van der Waals surface area contributed by atoms with Crippen LogP contribution in [0.5, 0.6) is 0 Å². The predicted molar refractivity (Wildman–Crippen MR) is 75.6 cm³/mol. The smallest absolute Gasteiger partial charge is 0.147 e. The summed E-state index contributed by atoms with van der Waals surface area (Å²) in [7, 11) is 0. The van der Waals surface area contributed by atoms with E-state index < -0.39 is 0 Å². The van der Waals surface area contributed by atoms with Crippen LogP contribution in [0.15, 0.2) is 24.5 Å². The van der Waals surface area contributed by atoms with Gasteiger partial charge >= 0.3 is 0 Å². The molecule has 1 aliphatic rings. The van der Waals surface area contributed by atoms with Crippen molar-refractivity contribution in [2.45, 2.75) is 25.8 Å². The third-order valence-electron chi connectivity index (χ3n) is 3.36. The molecule has 1 atom stereocenters. The third kappa shape index (κ3) is 2.18. The van der Waals surface area contributed by atoms with Crippen LogP contribution in [0, 0.1) is 5.92 Å². The van der Waals surface area contributed by atoms with Gasteiger partial charge in [-0.15, -0.1) is 0 Å². The minimum atomic E-state index is 0.486. The second kappa shape index (κ2) is 4.57. The highest BCUT2D eigenvalue weighted by atomic mass is 32.1. The Morgan fingerprint density at radius 3 is 3.00 bits per heavy atom. The third-order valence-corrected chi connectivity index (χ3v) is 4.15. The van der Waals surface area contributed by atoms with E-state index in [1.165, 1.54) is 24.4 Å². The van der Waals surface area contributed by atoms with Gasteiger partial charge in [-0.25, -0.2) is 0 Å². The maximum atomic E-state index is 5.97. The first-order valence-corrected chi connectivity index (χ1v) is 6.95. The van der Waals surface area contributed by atoms with Crippen molar-refractivity contribution >= 4 is 22.4 Å². The number of nitrogens with two attached hydrogens (primary N) is 1. The summed E-state index contributed by atoms with van der Waals surface area (Å²) in [5.74, 6) is 1.38. The predicted octanol–water partition coefficient (Wildman–Crippen LogP) is 3.00. The van der Waals surface area contributed by atoms with Crippen molar-refractivity contribution < 1.29 is 0 Å². The van der Waals surface area contributed by atoms with Crippen LogP contribution in [-0.4, -0.2) is 15.4 Å². The van der Waals surface area contributed by atoms with E-state index >= 15 is 0 Å². The maximum Gasteiger partial charge on any atom is 0.147 e. The number of pyridine rings is 1. The average molecular weight is 260 g/mol. The van der Waals surface area contributed by atoms with Crippen molar-refractivity contribution in [3.05, 3.63) is 24.5 Å². The van der Waals surface area contributed by atoms with E-state index in [-0.39, 0.29) is 0 Å². The van der Waals surface area contributed by atoms with Crippen LogP contribution in [0.4, 0.5) is 10.8 Å². The summed E-state index contributed by atoms with van der Waals surface area (Å²) in [4.78, 5) is 4.14. The summed E-state index contributed by atoms with van der Waals surface area (Å²) in [6.07, 6.45) is 6.24. The molecule has 3 rings (SSSR count). The van der Waals surface area contributed by atoms with E-state index in [2.05, 4.69) is 21.6 Å². The molecule has 5 heteroatoms. The van der Waals surface area contributed by atoms with Gasteiger partial charge in [-0.1, -0.05) is 6.07 Å². The number of rotatable bonds is 4. The molecule has 2 aromatic rings. The molecule has 1 saturated carbocycles. The van der Waals surface area contributed by atoms with Crippen LogP contribution in [0.1, 0.15) is 19.8 Å². The summed E-state index contributed by atoms with van der Waals surface area (Å²) < 4.78 is 4.25. The standard InChI is InChI=1S/C13H16N4S/c1-8(9-4-5-9)16-13-11(12(14)17-18-13)10-3-2-6-15-7-10/h2-3,6-9,16H,4-5H2,1H3,(H2,14,17). The molecule has 1 aliphatic carbocycles. The van der Waals surface area contributed by atoms with Gasteiger partial charge in [0.15, 0.2) is 0 Å². The fourth-order valence-corrected chi connectivity index (χ4v) is 2.94. The topological polar surface area (TPSA) is 63.8 Å². The zero-order valence-electron chi connectivity index (χ0n) is 10.3. The Bertz CT molecular complexity index is 533. The number of nitrogen functional groups attached to an aromatic ring is 1. The molecular formula is C13H16N4S. The molecule has 0 saturated heterocycles. The summed E-state index contributed by atoms with van der Waals surface area (Å²) in [6, 6.07) is 4.42. The van der Waals surface area contributed by atoms with Crippen molar-refractivity contribution in [2.75, 3.05) is 11.1 Å². The first-order chi connectivity index (χ1) is 8.75. The molecule has 0 radical (unpaired) electrons. The van der Waals surface area contributed by atoms with Gasteiger partial charge in [0.1, 0.15) is 10.8 Å². The normalized spacial score (nSPS) is 16.5. The van der Waals surface area contributed by atoms with Gasteiger partial charge in [-0.2, -0.15) is 4.37 Å². The summed E-state index contributed by atoms with van der Waals surface area (Å²) >= 11 is 1.43. The van der Waals surface area contributed by atoms with Crippen molar-refractivity contribution in [3.63, 3.8) is 0 Å². The van der Waals surface area contributed by atoms with Crippen molar-refractivity contribution in [2.24, 2.45) is 5.92 Å². The summed E-state index contributed by atoms with van der Waals surface area (Å²) in [5.41, 5.74) is 7.98. The van der Waals surface area contributed by atoms with E-state index in [1.54, 1.807) is 6.20 Å². The lowest BCUT2D eigenvalue weighted by atomic mass is 10.1. The average Bonchev–Trinajstić information content (AvgIpc) is 3.17. The van der Waals surface area contributed by atoms with Crippen molar-refractivity contribution in [1.29, 1.82) is 0 Å². The zero-order valence-corrected chi connectivity index (χ0v) is 11.1. The minimum Gasteiger partial charge on any atom is -0.382 e. The Kier molecular flexibility index (Phi) is 2.91. The molecule has 0 aromatic carbocycles. The SMILES string of the molecule is CC(Nc1snc(N)c1-c1cccnc1)C1CC1. The fourth-order valence-electron chi connectivity index (χ4n) is 2.11. The van der Waals surface area contributed by atoms with Gasteiger partial charge in [0, 0.05) is 24.0 Å². The molecule has 94 valence electrons. The second-order valence-electron chi connectivity index (χ2n) is 4.78. The van der Waals surface area contributed by atoms with Gasteiger partial charge < -0.3 is 11.1 Å². The molecule has 3 N–H and O–H groups in total. The Labute approximate surface area is 110 Å². The number of hydrogen-bond donors (Lipinski definition) is 2. The molecule has 2 aromatic heterocycles. The molecule has 1 fully saturated rings. The highest BCUT2D eigenvalue weighted by molar-refractivity contribution is 7.11. The maximum absolute atomic E-state index is 5.97. The van der Waals surface area contributed by atoms with E-state index in [9.17, 15) is 0 Å². The molecule has 1 unspecified atom stereocenters. The Morgan fingerprint density at radius 2 is 2.33 bits per heavy atom. The summed E-state index contributed by atoms with van der Waals surface area (Å²) in [5, 5.41) is 4.60. The lowest BCUT2D eigenvalue weighted by Crippen LogP contribution is -2.16. The first kappa shape index (κ1) is 11.5. The number of hydrogen-bond acceptors (Lipinski definition) is 5. The molecule has 0 amide bonds. The van der Waals surface area contributed by atoms with Gasteiger partial charge in [0.25, 0.3) is 0 Å². The molecule has 0 bridgehead atoms. The number of aromatic nitrogens is 2. The number of nitrogens with one attached hydrogen (secondary N) is 1. The Hall–Kier alpha value is -1.62. The monoisotopic (exact) mass is 260 g/mol. The zero-order chi connectivity index (χ0) is 12.5. The van der Waals surface area contributed by atoms with E-state index in [0.717, 1.165) is 22.0 Å². The Balaban J connectivity index is 1.91. The van der Waals surface area contributed by atoms with Crippen LogP contribution >= 0.6 is 11.5 Å². The quantitative estimate of drug-likeness (QED) is 0.887. The molecule has 2 heterocycles. The van der Waals surface area contributed by atoms with Crippen LogP contribution in [-0.2, 0) is 0 Å². The first-order valence-electron chi connectivity index (χ1n) is 6.18. The van der Waals surface area contributed by atoms with E-state index in [4.69, 9.17) is 5.73 Å². The van der Waals surface area contributed by atoms with Crippen LogP contribution < -0.4 is 11.1 Å². The highest BCUT2D eigenvalue weighted by Gasteiger charge is 2.29. The van der Waals surface area contributed by atoms with Crippen LogP contribution in [0.3, 0.4) is 0 Å². The van der Waals surface area contributed by atoms with Gasteiger partial charge in [-0.3, -0.25) is 4.98 Å². The Morgan fingerprint density at radius 1 is 1.50 bits per heavy atom. The van der Waals surface area contributed by atoms with Crippen LogP contribution in [0.2, 0.25) is 0 Å². The van der Waals surface area contributed by atoms with Gasteiger partial charge in [0.2, 0.25) is 0 Å². The van der Waals surface area contributed by atoms with E-state index in [0.29, 0.717) is 11.9 Å². The van der Waals surface area contributed by atoms with Crippen LogP contribution in [0.25, 0.3) is 11.1 Å². The molecule has 4 nitrogen and oxygen atoms in total. The highest BCUT2D eigenvalue weighted by Crippen LogP contribution is 2.40. The number of anilines is 2. The minimum absolute atomic E-state index is 0.486. The summed E-state index contributed by atoms with van der Waals surface area (Å²) in [6.45, 7) is 2.22.